The van der Waals surface area contributed by atoms with E-state index in [1.165, 1.54) is 22.1 Å². The van der Waals surface area contributed by atoms with E-state index in [2.05, 4.69) is 12.6 Å². The van der Waals surface area contributed by atoms with E-state index in [9.17, 15) is 0 Å². The minimum absolute atomic E-state index is 0.974. The molecule has 0 amide bonds. The van der Waals surface area contributed by atoms with Gasteiger partial charge in [0.05, 0.1) is 6.26 Å². The second-order valence-corrected chi connectivity index (χ2v) is 3.54. The lowest BCUT2D eigenvalue weighted by atomic mass is 10.0. The lowest BCUT2D eigenvalue weighted by Gasteiger charge is -2.00. The third kappa shape index (κ3) is 0.816. The number of rotatable bonds is 0. The Morgan fingerprint density at radius 3 is 3.00 bits per heavy atom. The van der Waals surface area contributed by atoms with Crippen LogP contribution in [-0.4, -0.2) is 0 Å². The molecule has 0 spiro atoms. The van der Waals surface area contributed by atoms with E-state index in [1.807, 2.05) is 12.1 Å². The topological polar surface area (TPSA) is 13.1 Å². The molecule has 2 aromatic rings. The van der Waals surface area contributed by atoms with E-state index >= 15 is 0 Å². The summed E-state index contributed by atoms with van der Waals surface area (Å²) in [4.78, 5) is 0. The van der Waals surface area contributed by atoms with Gasteiger partial charge < -0.3 is 4.42 Å². The Hall–Kier alpha value is -1.50. The normalized spacial score (nSPS) is 15.2. The second-order valence-electron chi connectivity index (χ2n) is 3.54. The molecule has 0 saturated carbocycles. The van der Waals surface area contributed by atoms with Crippen LogP contribution in [0.1, 0.15) is 17.5 Å². The van der Waals surface area contributed by atoms with Crippen molar-refractivity contribution in [2.24, 2.45) is 0 Å². The molecule has 13 heavy (non-hydrogen) atoms. The summed E-state index contributed by atoms with van der Waals surface area (Å²) >= 11 is 0. The highest BCUT2D eigenvalue weighted by molar-refractivity contribution is 5.93. The summed E-state index contributed by atoms with van der Waals surface area (Å²) < 4.78 is 5.35. The first-order valence-electron chi connectivity index (χ1n) is 4.53. The third-order valence-corrected chi connectivity index (χ3v) is 2.77. The van der Waals surface area contributed by atoms with Gasteiger partial charge in [0.15, 0.2) is 0 Å². The highest BCUT2D eigenvalue weighted by Crippen LogP contribution is 2.36. The van der Waals surface area contributed by atoms with Crippen molar-refractivity contribution < 1.29 is 4.42 Å². The SMILES string of the molecule is C=C1CCc2ccc3occc3c21. The van der Waals surface area contributed by atoms with Crippen molar-refractivity contribution in [2.45, 2.75) is 12.8 Å². The van der Waals surface area contributed by atoms with Crippen LogP contribution < -0.4 is 0 Å². The number of benzene rings is 1. The smallest absolute Gasteiger partial charge is 0.134 e. The van der Waals surface area contributed by atoms with Gasteiger partial charge in [0.1, 0.15) is 5.58 Å². The van der Waals surface area contributed by atoms with Crippen molar-refractivity contribution in [3.05, 3.63) is 42.2 Å². The van der Waals surface area contributed by atoms with Crippen molar-refractivity contribution in [2.75, 3.05) is 0 Å². The van der Waals surface area contributed by atoms with Crippen LogP contribution in [-0.2, 0) is 6.42 Å². The minimum Gasteiger partial charge on any atom is -0.464 e. The van der Waals surface area contributed by atoms with Gasteiger partial charge >= 0.3 is 0 Å². The fraction of sp³-hybridized carbons (Fsp3) is 0.167. The molecule has 1 nitrogen and oxygen atoms in total. The summed E-state index contributed by atoms with van der Waals surface area (Å²) in [6.07, 6.45) is 3.98. The maximum atomic E-state index is 5.35. The molecule has 0 fully saturated rings. The average molecular weight is 170 g/mol. The van der Waals surface area contributed by atoms with Crippen LogP contribution in [0.2, 0.25) is 0 Å². The first-order chi connectivity index (χ1) is 6.36. The maximum absolute atomic E-state index is 5.35. The Bertz CT molecular complexity index is 491. The van der Waals surface area contributed by atoms with Crippen LogP contribution in [0.25, 0.3) is 16.5 Å². The first-order valence-corrected chi connectivity index (χ1v) is 4.53. The first kappa shape index (κ1) is 6.96. The summed E-state index contributed by atoms with van der Waals surface area (Å²) in [6.45, 7) is 4.08. The van der Waals surface area contributed by atoms with Gasteiger partial charge in [0.25, 0.3) is 0 Å². The quantitative estimate of drug-likeness (QED) is 0.590. The maximum Gasteiger partial charge on any atom is 0.134 e. The number of furan rings is 1. The van der Waals surface area contributed by atoms with Crippen LogP contribution in [0.4, 0.5) is 0 Å². The molecular formula is C12H10O. The molecule has 3 rings (SSSR count). The molecule has 1 aromatic carbocycles. The molecule has 0 N–H and O–H groups in total. The molecule has 1 aliphatic rings. The largest absolute Gasteiger partial charge is 0.464 e. The summed E-state index contributed by atoms with van der Waals surface area (Å²) in [6, 6.07) is 6.23. The van der Waals surface area contributed by atoms with Gasteiger partial charge in [-0.3, -0.25) is 0 Å². The zero-order valence-electron chi connectivity index (χ0n) is 7.34. The third-order valence-electron chi connectivity index (χ3n) is 2.77. The highest BCUT2D eigenvalue weighted by Gasteiger charge is 2.17. The lowest BCUT2D eigenvalue weighted by Crippen LogP contribution is -1.80. The molecule has 0 unspecified atom stereocenters. The van der Waals surface area contributed by atoms with Crippen LogP contribution in [0.3, 0.4) is 0 Å². The van der Waals surface area contributed by atoms with E-state index in [4.69, 9.17) is 4.42 Å². The zero-order chi connectivity index (χ0) is 8.84. The van der Waals surface area contributed by atoms with Crippen LogP contribution in [0.15, 0.2) is 35.5 Å². The van der Waals surface area contributed by atoms with Crippen molar-refractivity contribution in [3.8, 4) is 0 Å². The van der Waals surface area contributed by atoms with Gasteiger partial charge in [0.2, 0.25) is 0 Å². The van der Waals surface area contributed by atoms with Crippen molar-refractivity contribution >= 4 is 16.5 Å². The molecule has 64 valence electrons. The zero-order valence-corrected chi connectivity index (χ0v) is 7.34. The standard InChI is InChI=1S/C12H10O/c1-8-2-3-9-4-5-11-10(12(8)9)6-7-13-11/h4-7H,1-3H2. The van der Waals surface area contributed by atoms with Crippen molar-refractivity contribution in [1.82, 2.24) is 0 Å². The molecule has 0 aliphatic heterocycles. The molecule has 0 saturated heterocycles. The molecule has 1 heteroatoms. The predicted molar refractivity (Wildman–Crippen MR) is 53.6 cm³/mol. The number of aryl methyl sites for hydroxylation is 1. The lowest BCUT2D eigenvalue weighted by molar-refractivity contribution is 0.616. The molecule has 0 atom stereocenters. The average Bonchev–Trinajstić information content (AvgIpc) is 2.70. The Morgan fingerprint density at radius 1 is 1.15 bits per heavy atom. The molecule has 1 heterocycles. The Labute approximate surface area is 76.7 Å². The fourth-order valence-corrected chi connectivity index (χ4v) is 2.13. The summed E-state index contributed by atoms with van der Waals surface area (Å²) in [7, 11) is 0. The number of allylic oxidation sites excluding steroid dienone is 1. The summed E-state index contributed by atoms with van der Waals surface area (Å²) in [5.41, 5.74) is 4.97. The minimum atomic E-state index is 0.974. The van der Waals surface area contributed by atoms with Gasteiger partial charge in [-0.25, -0.2) is 0 Å². The van der Waals surface area contributed by atoms with Gasteiger partial charge in [-0.1, -0.05) is 12.6 Å². The number of hydrogen-bond acceptors (Lipinski definition) is 1. The van der Waals surface area contributed by atoms with E-state index in [-0.39, 0.29) is 0 Å². The second kappa shape index (κ2) is 2.25. The van der Waals surface area contributed by atoms with Gasteiger partial charge in [-0.05, 0) is 41.7 Å². The van der Waals surface area contributed by atoms with Crippen molar-refractivity contribution in [3.63, 3.8) is 0 Å². The molecule has 0 bridgehead atoms. The van der Waals surface area contributed by atoms with Crippen LogP contribution >= 0.6 is 0 Å². The van der Waals surface area contributed by atoms with Gasteiger partial charge in [-0.15, -0.1) is 0 Å². The summed E-state index contributed by atoms with van der Waals surface area (Å²) in [5, 5.41) is 1.22. The molecular weight excluding hydrogens is 160 g/mol. The monoisotopic (exact) mass is 170 g/mol. The molecule has 0 radical (unpaired) electrons. The molecule has 1 aromatic heterocycles. The Balaban J connectivity index is 2.49. The highest BCUT2D eigenvalue weighted by atomic mass is 16.3. The van der Waals surface area contributed by atoms with Gasteiger partial charge in [0, 0.05) is 5.39 Å². The summed E-state index contributed by atoms with van der Waals surface area (Å²) in [5.74, 6) is 0. The predicted octanol–water partition coefficient (Wildman–Crippen LogP) is 3.39. The van der Waals surface area contributed by atoms with E-state index in [0.29, 0.717) is 0 Å². The van der Waals surface area contributed by atoms with E-state index in [0.717, 1.165) is 18.4 Å². The van der Waals surface area contributed by atoms with E-state index < -0.39 is 0 Å². The van der Waals surface area contributed by atoms with Crippen molar-refractivity contribution in [1.29, 1.82) is 0 Å². The fourth-order valence-electron chi connectivity index (χ4n) is 2.13. The van der Waals surface area contributed by atoms with E-state index in [1.54, 1.807) is 6.26 Å². The van der Waals surface area contributed by atoms with Crippen LogP contribution in [0.5, 0.6) is 0 Å². The number of hydrogen-bond donors (Lipinski definition) is 0. The Morgan fingerprint density at radius 2 is 2.08 bits per heavy atom. The number of fused-ring (bicyclic) bond motifs is 3. The van der Waals surface area contributed by atoms with Gasteiger partial charge in [-0.2, -0.15) is 0 Å². The molecule has 1 aliphatic carbocycles. The Kier molecular flexibility index (Phi) is 1.21. The van der Waals surface area contributed by atoms with Crippen LogP contribution in [0, 0.1) is 0 Å².